The monoisotopic (exact) mass is 468 g/mol. The predicted molar refractivity (Wildman–Crippen MR) is 129 cm³/mol. The van der Waals surface area contributed by atoms with E-state index in [9.17, 15) is 4.79 Å². The highest BCUT2D eigenvalue weighted by Gasteiger charge is 2.20. The highest BCUT2D eigenvalue weighted by atomic mass is 32.1. The van der Waals surface area contributed by atoms with Gasteiger partial charge in [0.05, 0.1) is 16.8 Å². The molecule has 2 aromatic carbocycles. The lowest BCUT2D eigenvalue weighted by atomic mass is 10.2. The molecule has 174 valence electrons. The molecular weight excluding hydrogens is 440 g/mol. The van der Waals surface area contributed by atoms with Crippen molar-refractivity contribution < 1.29 is 19.0 Å². The Kier molecular flexibility index (Phi) is 6.50. The summed E-state index contributed by atoms with van der Waals surface area (Å²) in [7, 11) is 0. The molecule has 1 N–H and O–H groups in total. The van der Waals surface area contributed by atoms with Crippen LogP contribution in [0.4, 0.5) is 5.13 Å². The SMILES string of the molecule is CCOc1ccc2nc(N3CCN(CCNC(=O)c4ccc5c(c4)OCCO5)CC3)sc2c1. The minimum absolute atomic E-state index is 0.0912. The molecule has 1 amide bonds. The number of ether oxygens (including phenoxy) is 3. The summed E-state index contributed by atoms with van der Waals surface area (Å²) in [6.45, 7) is 8.87. The van der Waals surface area contributed by atoms with E-state index >= 15 is 0 Å². The van der Waals surface area contributed by atoms with E-state index in [0.717, 1.165) is 53.8 Å². The first-order valence-corrected chi connectivity index (χ1v) is 12.2. The molecule has 1 fully saturated rings. The van der Waals surface area contributed by atoms with E-state index in [0.29, 0.717) is 43.4 Å². The van der Waals surface area contributed by atoms with Crippen LogP contribution in [0, 0.1) is 0 Å². The van der Waals surface area contributed by atoms with Crippen molar-refractivity contribution in [3.63, 3.8) is 0 Å². The highest BCUT2D eigenvalue weighted by Crippen LogP contribution is 2.32. The maximum absolute atomic E-state index is 12.5. The second kappa shape index (κ2) is 9.84. The van der Waals surface area contributed by atoms with Crippen LogP contribution in [0.5, 0.6) is 17.2 Å². The molecule has 0 saturated carbocycles. The number of carbonyl (C=O) groups is 1. The third-order valence-electron chi connectivity index (χ3n) is 5.82. The topological polar surface area (TPSA) is 76.2 Å². The Morgan fingerprint density at radius 2 is 1.91 bits per heavy atom. The Labute approximate surface area is 197 Å². The van der Waals surface area contributed by atoms with Crippen molar-refractivity contribution in [3.05, 3.63) is 42.0 Å². The summed E-state index contributed by atoms with van der Waals surface area (Å²) in [5.74, 6) is 2.13. The van der Waals surface area contributed by atoms with Gasteiger partial charge in [-0.15, -0.1) is 0 Å². The first kappa shape index (κ1) is 21.8. The molecule has 5 rings (SSSR count). The Balaban J connectivity index is 1.09. The largest absolute Gasteiger partial charge is 0.494 e. The van der Waals surface area contributed by atoms with Gasteiger partial charge in [0, 0.05) is 44.8 Å². The lowest BCUT2D eigenvalue weighted by molar-refractivity contribution is 0.0946. The lowest BCUT2D eigenvalue weighted by Crippen LogP contribution is -2.48. The fourth-order valence-corrected chi connectivity index (χ4v) is 5.11. The smallest absolute Gasteiger partial charge is 0.251 e. The molecule has 2 aliphatic rings. The van der Waals surface area contributed by atoms with Crippen LogP contribution in [-0.2, 0) is 0 Å². The van der Waals surface area contributed by atoms with Crippen LogP contribution < -0.4 is 24.4 Å². The molecule has 2 aliphatic heterocycles. The number of nitrogens with zero attached hydrogens (tertiary/aromatic N) is 3. The minimum atomic E-state index is -0.0912. The molecule has 1 saturated heterocycles. The number of fused-ring (bicyclic) bond motifs is 2. The maximum Gasteiger partial charge on any atom is 0.251 e. The summed E-state index contributed by atoms with van der Waals surface area (Å²) in [5, 5.41) is 4.08. The van der Waals surface area contributed by atoms with Crippen molar-refractivity contribution in [1.82, 2.24) is 15.2 Å². The van der Waals surface area contributed by atoms with E-state index in [1.54, 1.807) is 29.5 Å². The third-order valence-corrected chi connectivity index (χ3v) is 6.90. The number of hydrogen-bond acceptors (Lipinski definition) is 8. The zero-order valence-corrected chi connectivity index (χ0v) is 19.5. The first-order valence-electron chi connectivity index (χ1n) is 11.4. The van der Waals surface area contributed by atoms with Gasteiger partial charge in [-0.25, -0.2) is 4.98 Å². The number of amides is 1. The average Bonchev–Trinajstić information content (AvgIpc) is 3.28. The summed E-state index contributed by atoms with van der Waals surface area (Å²) < 4.78 is 17.8. The number of benzene rings is 2. The third kappa shape index (κ3) is 4.99. The molecule has 3 aromatic rings. The summed E-state index contributed by atoms with van der Waals surface area (Å²) in [6.07, 6.45) is 0. The van der Waals surface area contributed by atoms with Crippen LogP contribution in [0.25, 0.3) is 10.2 Å². The van der Waals surface area contributed by atoms with Gasteiger partial charge >= 0.3 is 0 Å². The van der Waals surface area contributed by atoms with Crippen molar-refractivity contribution in [2.45, 2.75) is 6.92 Å². The second-order valence-electron chi connectivity index (χ2n) is 8.00. The molecule has 8 nitrogen and oxygen atoms in total. The standard InChI is InChI=1S/C24H28N4O4S/c1-2-30-18-4-5-19-22(16-18)33-24(26-19)28-11-9-27(10-12-28)8-7-25-23(29)17-3-6-20-21(15-17)32-14-13-31-20/h3-6,15-16H,2,7-14H2,1H3,(H,25,29). The van der Waals surface area contributed by atoms with Crippen LogP contribution in [0.2, 0.25) is 0 Å². The molecule has 3 heterocycles. The summed E-state index contributed by atoms with van der Waals surface area (Å²) in [6, 6.07) is 11.4. The normalized spacial score (nSPS) is 16.1. The molecule has 0 unspecified atom stereocenters. The highest BCUT2D eigenvalue weighted by molar-refractivity contribution is 7.22. The number of piperazine rings is 1. The predicted octanol–water partition coefficient (Wildman–Crippen LogP) is 3.02. The molecule has 0 radical (unpaired) electrons. The van der Waals surface area contributed by atoms with Crippen molar-refractivity contribution in [3.8, 4) is 17.2 Å². The van der Waals surface area contributed by atoms with E-state index < -0.39 is 0 Å². The van der Waals surface area contributed by atoms with Gasteiger partial charge in [0.1, 0.15) is 19.0 Å². The molecule has 0 bridgehead atoms. The van der Waals surface area contributed by atoms with E-state index in [4.69, 9.17) is 19.2 Å². The van der Waals surface area contributed by atoms with Crippen LogP contribution in [0.15, 0.2) is 36.4 Å². The zero-order chi connectivity index (χ0) is 22.6. The Bertz CT molecular complexity index is 1130. The number of anilines is 1. The zero-order valence-electron chi connectivity index (χ0n) is 18.7. The van der Waals surface area contributed by atoms with Crippen LogP contribution in [0.3, 0.4) is 0 Å². The second-order valence-corrected chi connectivity index (χ2v) is 9.01. The number of rotatable bonds is 7. The van der Waals surface area contributed by atoms with Gasteiger partial charge in [-0.3, -0.25) is 9.69 Å². The van der Waals surface area contributed by atoms with E-state index in [1.807, 2.05) is 19.1 Å². The number of hydrogen-bond donors (Lipinski definition) is 1. The molecule has 0 atom stereocenters. The first-order chi connectivity index (χ1) is 16.2. The van der Waals surface area contributed by atoms with Crippen molar-refractivity contribution >= 4 is 32.6 Å². The Hall–Kier alpha value is -3.04. The number of aromatic nitrogens is 1. The van der Waals surface area contributed by atoms with Gasteiger partial charge in [-0.2, -0.15) is 0 Å². The van der Waals surface area contributed by atoms with Gasteiger partial charge in [0.15, 0.2) is 16.6 Å². The molecular formula is C24H28N4O4S. The Morgan fingerprint density at radius 3 is 2.73 bits per heavy atom. The van der Waals surface area contributed by atoms with Crippen molar-refractivity contribution in [2.75, 3.05) is 64.0 Å². The van der Waals surface area contributed by atoms with Gasteiger partial charge < -0.3 is 24.4 Å². The fourth-order valence-electron chi connectivity index (χ4n) is 4.06. The van der Waals surface area contributed by atoms with Crippen LogP contribution in [-0.4, -0.2) is 74.9 Å². The van der Waals surface area contributed by atoms with E-state index in [-0.39, 0.29) is 5.91 Å². The van der Waals surface area contributed by atoms with Crippen molar-refractivity contribution in [2.24, 2.45) is 0 Å². The lowest BCUT2D eigenvalue weighted by Gasteiger charge is -2.34. The Morgan fingerprint density at radius 1 is 1.09 bits per heavy atom. The minimum Gasteiger partial charge on any atom is -0.494 e. The summed E-state index contributed by atoms with van der Waals surface area (Å²) in [4.78, 5) is 22.0. The molecule has 9 heteroatoms. The molecule has 0 spiro atoms. The summed E-state index contributed by atoms with van der Waals surface area (Å²) >= 11 is 1.71. The van der Waals surface area contributed by atoms with Gasteiger partial charge in [0.25, 0.3) is 5.91 Å². The molecule has 33 heavy (non-hydrogen) atoms. The van der Waals surface area contributed by atoms with Gasteiger partial charge in [0.2, 0.25) is 0 Å². The summed E-state index contributed by atoms with van der Waals surface area (Å²) in [5.41, 5.74) is 1.61. The van der Waals surface area contributed by atoms with Crippen molar-refractivity contribution in [1.29, 1.82) is 0 Å². The number of thiazole rings is 1. The van der Waals surface area contributed by atoms with E-state index in [1.165, 1.54) is 0 Å². The maximum atomic E-state index is 12.5. The molecule has 1 aromatic heterocycles. The molecule has 0 aliphatic carbocycles. The number of nitrogens with one attached hydrogen (secondary N) is 1. The average molecular weight is 469 g/mol. The van der Waals surface area contributed by atoms with E-state index in [2.05, 4.69) is 21.2 Å². The van der Waals surface area contributed by atoms with Gasteiger partial charge in [-0.1, -0.05) is 11.3 Å². The fraction of sp³-hybridized carbons (Fsp3) is 0.417. The van der Waals surface area contributed by atoms with Crippen LogP contribution >= 0.6 is 11.3 Å². The quantitative estimate of drug-likeness (QED) is 0.571. The van der Waals surface area contributed by atoms with Gasteiger partial charge in [-0.05, 0) is 43.3 Å². The van der Waals surface area contributed by atoms with Crippen LogP contribution in [0.1, 0.15) is 17.3 Å². The number of carbonyl (C=O) groups excluding carboxylic acids is 1.